The van der Waals surface area contributed by atoms with Crippen LogP contribution < -0.4 is 10.6 Å². The number of aliphatic hydroxyl groups is 11. The van der Waals surface area contributed by atoms with Gasteiger partial charge < -0.3 is 110 Å². The predicted molar refractivity (Wildman–Crippen MR) is 178 cm³/mol. The van der Waals surface area contributed by atoms with Crippen LogP contribution in [0.2, 0.25) is 0 Å². The highest BCUT2D eigenvalue weighted by atomic mass is 16.8. The molecule has 25 heteroatoms. The minimum atomic E-state index is -3.10. The average Bonchev–Trinajstić information content (AvgIpc) is 3.16. The third-order valence-electron chi connectivity index (χ3n) is 10.2. The molecule has 0 spiro atoms. The monoisotopic (exact) mass is 834 g/mol. The first-order chi connectivity index (χ1) is 26.7. The summed E-state index contributed by atoms with van der Waals surface area (Å²) in [6.45, 7) is 0.521. The van der Waals surface area contributed by atoms with Crippen molar-refractivity contribution in [2.24, 2.45) is 0 Å². The molecule has 0 aliphatic carbocycles. The third-order valence-corrected chi connectivity index (χ3v) is 10.2. The van der Waals surface area contributed by atoms with E-state index in [0.29, 0.717) is 0 Å². The lowest BCUT2D eigenvalue weighted by Crippen LogP contribution is -2.71. The van der Waals surface area contributed by atoms with E-state index in [0.717, 1.165) is 21.0 Å². The summed E-state index contributed by atoms with van der Waals surface area (Å²) in [5.41, 5.74) is 0. The Morgan fingerprint density at radius 1 is 0.737 bits per heavy atom. The van der Waals surface area contributed by atoms with E-state index in [-0.39, 0.29) is 0 Å². The molecule has 21 atom stereocenters. The quantitative estimate of drug-likeness (QED) is 0.0728. The zero-order chi connectivity index (χ0) is 42.7. The van der Waals surface area contributed by atoms with E-state index in [9.17, 15) is 75.7 Å². The number of carboxylic acid groups (broad SMARTS) is 1. The number of carboxylic acids is 1. The predicted octanol–water partition coefficient (Wildman–Crippen LogP) is -8.57. The van der Waals surface area contributed by atoms with Gasteiger partial charge in [0.1, 0.15) is 85.4 Å². The van der Waals surface area contributed by atoms with E-state index in [4.69, 9.17) is 37.9 Å². The van der Waals surface area contributed by atoms with E-state index in [1.807, 2.05) is 0 Å². The highest BCUT2D eigenvalue weighted by Crippen LogP contribution is 2.39. The zero-order valence-electron chi connectivity index (χ0n) is 31.2. The van der Waals surface area contributed by atoms with Gasteiger partial charge in [0.05, 0.1) is 38.1 Å². The SMILES string of the molecule is CO[C@@H]1OC(CO)C(O[C@@H]2O[C@@H](C)C(O)C(O)C2O)[C@H](O[C@@H]2OC(CO)C(O)[C@H](O[C@]3(C(=O)O)CC(O)C(NC(C)=O)[C@H]([C@H](O)[C@H](O)CO)O3)C2O)C1NC(C)=O. The van der Waals surface area contributed by atoms with Crippen molar-refractivity contribution in [2.45, 2.75) is 155 Å². The maximum absolute atomic E-state index is 12.9. The molecule has 4 aliphatic heterocycles. The Morgan fingerprint density at radius 3 is 1.84 bits per heavy atom. The standard InChI is InChI=1S/C32H54N2O23/c1-9-18(42)21(45)22(46)29(51-9)54-24-15(8-37)53-28(50-4)17(34-11(3)39)26(24)55-30-23(47)27(20(44)14(7-36)52-30)57-32(31(48)49)5-12(40)16(33-10(2)38)25(56-32)19(43)13(41)6-35/h9,12-30,35-37,40-47H,5-8H2,1-4H3,(H,33,38)(H,34,39)(H,48,49)/t9-,12?,13+,14?,15?,16?,17?,18?,19+,20?,21?,22?,23?,24?,25+,26+,27-,28+,29-,30-,32-/m0/s1. The molecule has 0 aromatic heterocycles. The molecule has 330 valence electrons. The molecule has 0 bridgehead atoms. The Bertz CT molecular complexity index is 1350. The molecule has 2 amide bonds. The van der Waals surface area contributed by atoms with Crippen LogP contribution in [0.15, 0.2) is 0 Å². The average molecular weight is 835 g/mol. The van der Waals surface area contributed by atoms with Gasteiger partial charge in [-0.25, -0.2) is 4.79 Å². The molecule has 11 unspecified atom stereocenters. The molecule has 14 N–H and O–H groups in total. The van der Waals surface area contributed by atoms with Gasteiger partial charge in [-0.1, -0.05) is 0 Å². The number of nitrogens with one attached hydrogen (secondary N) is 2. The maximum Gasteiger partial charge on any atom is 0.364 e. The summed E-state index contributed by atoms with van der Waals surface area (Å²) in [6.07, 6.45) is -33.9. The van der Waals surface area contributed by atoms with Crippen LogP contribution in [0.5, 0.6) is 0 Å². The maximum atomic E-state index is 12.9. The summed E-state index contributed by atoms with van der Waals surface area (Å²) in [6, 6.07) is -3.03. The summed E-state index contributed by atoms with van der Waals surface area (Å²) in [4.78, 5) is 37.3. The molecule has 0 aromatic carbocycles. The van der Waals surface area contributed by atoms with Crippen molar-refractivity contribution in [3.8, 4) is 0 Å². The summed E-state index contributed by atoms with van der Waals surface area (Å²) in [5.74, 6) is -6.59. The van der Waals surface area contributed by atoms with Gasteiger partial charge in [-0.05, 0) is 6.92 Å². The number of carbonyl (C=O) groups is 3. The van der Waals surface area contributed by atoms with E-state index in [1.54, 1.807) is 0 Å². The third kappa shape index (κ3) is 10.2. The Hall–Kier alpha value is -2.35. The largest absolute Gasteiger partial charge is 0.477 e. The topological polar surface area (TPSA) is 392 Å². The smallest absolute Gasteiger partial charge is 0.364 e. The Balaban J connectivity index is 1.73. The fourth-order valence-corrected chi connectivity index (χ4v) is 7.18. The van der Waals surface area contributed by atoms with Gasteiger partial charge in [-0.2, -0.15) is 0 Å². The van der Waals surface area contributed by atoms with E-state index < -0.39 is 172 Å². The van der Waals surface area contributed by atoms with Gasteiger partial charge in [0.15, 0.2) is 18.9 Å². The summed E-state index contributed by atoms with van der Waals surface area (Å²) < 4.78 is 45.9. The number of amides is 2. The van der Waals surface area contributed by atoms with Gasteiger partial charge in [0, 0.05) is 27.4 Å². The van der Waals surface area contributed by atoms with Gasteiger partial charge in [0.25, 0.3) is 5.79 Å². The molecule has 0 saturated carbocycles. The second-order valence-corrected chi connectivity index (χ2v) is 14.2. The second kappa shape index (κ2) is 19.8. The van der Waals surface area contributed by atoms with E-state index in [1.165, 1.54) is 6.92 Å². The summed E-state index contributed by atoms with van der Waals surface area (Å²) >= 11 is 0. The van der Waals surface area contributed by atoms with Gasteiger partial charge in [-0.15, -0.1) is 0 Å². The lowest BCUT2D eigenvalue weighted by atomic mass is 9.88. The van der Waals surface area contributed by atoms with Crippen molar-refractivity contribution in [3.05, 3.63) is 0 Å². The van der Waals surface area contributed by atoms with Crippen LogP contribution in [0.4, 0.5) is 0 Å². The van der Waals surface area contributed by atoms with Crippen LogP contribution in [0.1, 0.15) is 27.2 Å². The van der Waals surface area contributed by atoms with E-state index >= 15 is 0 Å². The molecule has 25 nitrogen and oxygen atoms in total. The van der Waals surface area contributed by atoms with Crippen LogP contribution in [0, 0.1) is 0 Å². The zero-order valence-corrected chi connectivity index (χ0v) is 31.2. The molecule has 4 heterocycles. The summed E-state index contributed by atoms with van der Waals surface area (Å²) in [5, 5.41) is 132. The first-order valence-electron chi connectivity index (χ1n) is 18.0. The van der Waals surface area contributed by atoms with Crippen molar-refractivity contribution in [3.63, 3.8) is 0 Å². The van der Waals surface area contributed by atoms with Gasteiger partial charge in [-0.3, -0.25) is 9.59 Å². The van der Waals surface area contributed by atoms with Crippen LogP contribution in [0.3, 0.4) is 0 Å². The Kier molecular flexibility index (Phi) is 16.4. The normalized spacial score (nSPS) is 45.1. The van der Waals surface area contributed by atoms with Gasteiger partial charge in [0.2, 0.25) is 11.8 Å². The fraction of sp³-hybridized carbons (Fsp3) is 0.906. The lowest BCUT2D eigenvalue weighted by molar-refractivity contribution is -0.389. The Morgan fingerprint density at radius 2 is 1.30 bits per heavy atom. The minimum Gasteiger partial charge on any atom is -0.477 e. The van der Waals surface area contributed by atoms with Crippen LogP contribution in [-0.4, -0.2) is 234 Å². The highest BCUT2D eigenvalue weighted by molar-refractivity contribution is 5.76. The van der Waals surface area contributed by atoms with Crippen molar-refractivity contribution in [1.29, 1.82) is 0 Å². The van der Waals surface area contributed by atoms with Crippen molar-refractivity contribution < 1.29 is 114 Å². The van der Waals surface area contributed by atoms with Crippen molar-refractivity contribution in [2.75, 3.05) is 26.9 Å². The van der Waals surface area contributed by atoms with Crippen LogP contribution in [-0.2, 0) is 52.3 Å². The second-order valence-electron chi connectivity index (χ2n) is 14.2. The number of hydrogen-bond donors (Lipinski definition) is 14. The fourth-order valence-electron chi connectivity index (χ4n) is 7.18. The number of ether oxygens (including phenoxy) is 8. The molecule has 0 aromatic rings. The molecular weight excluding hydrogens is 780 g/mol. The van der Waals surface area contributed by atoms with E-state index in [2.05, 4.69) is 10.6 Å². The lowest BCUT2D eigenvalue weighted by Gasteiger charge is -2.51. The minimum absolute atomic E-state index is 0.700. The number of carbonyl (C=O) groups excluding carboxylic acids is 2. The van der Waals surface area contributed by atoms with Crippen LogP contribution in [0.25, 0.3) is 0 Å². The number of aliphatic hydroxyl groups excluding tert-OH is 11. The number of hydrogen-bond acceptors (Lipinski definition) is 22. The Labute approximate surface area is 324 Å². The van der Waals surface area contributed by atoms with Gasteiger partial charge >= 0.3 is 5.97 Å². The molecule has 4 fully saturated rings. The first kappa shape index (κ1) is 47.3. The molecule has 4 rings (SSSR count). The highest BCUT2D eigenvalue weighted by Gasteiger charge is 2.60. The summed E-state index contributed by atoms with van der Waals surface area (Å²) in [7, 11) is 1.16. The molecular formula is C32H54N2O23. The molecule has 4 aliphatic rings. The molecule has 57 heavy (non-hydrogen) atoms. The number of aliphatic carboxylic acids is 1. The number of rotatable bonds is 15. The first-order valence-corrected chi connectivity index (χ1v) is 18.0. The number of methoxy groups -OCH3 is 1. The van der Waals surface area contributed by atoms with Crippen molar-refractivity contribution in [1.82, 2.24) is 10.6 Å². The molecule has 0 radical (unpaired) electrons. The van der Waals surface area contributed by atoms with Crippen molar-refractivity contribution >= 4 is 17.8 Å². The van der Waals surface area contributed by atoms with Crippen LogP contribution >= 0.6 is 0 Å². The molecule has 4 saturated heterocycles.